The number of fused-ring (bicyclic) bond motifs is 3. The van der Waals surface area contributed by atoms with Gasteiger partial charge in [0.15, 0.2) is 0 Å². The van der Waals surface area contributed by atoms with Gasteiger partial charge in [-0.05, 0) is 19.4 Å². The van der Waals surface area contributed by atoms with Crippen molar-refractivity contribution >= 4 is 6.08 Å². The highest BCUT2D eigenvalue weighted by molar-refractivity contribution is 5.47. The quantitative estimate of drug-likeness (QED) is 0.545. The third-order valence-electron chi connectivity index (χ3n) is 2.54. The second-order valence-electron chi connectivity index (χ2n) is 3.47. The average molecular weight is 146 g/mol. The van der Waals surface area contributed by atoms with Crippen molar-refractivity contribution in [1.82, 2.24) is 9.55 Å². The van der Waals surface area contributed by atoms with Gasteiger partial charge in [0, 0.05) is 18.2 Å². The van der Waals surface area contributed by atoms with Crippen LogP contribution in [0.15, 0.2) is 12.3 Å². The number of imidazole rings is 1. The van der Waals surface area contributed by atoms with Gasteiger partial charge in [0.25, 0.3) is 0 Å². The molecule has 1 fully saturated rings. The Morgan fingerprint density at radius 2 is 2.55 bits per heavy atom. The Hall–Kier alpha value is -1.05. The van der Waals surface area contributed by atoms with Crippen LogP contribution in [-0.2, 0) is 0 Å². The molecule has 0 amide bonds. The van der Waals surface area contributed by atoms with Gasteiger partial charge >= 0.3 is 0 Å². The molecule has 0 saturated heterocycles. The molecule has 1 aromatic heterocycles. The van der Waals surface area contributed by atoms with Gasteiger partial charge in [0.05, 0.1) is 5.69 Å². The van der Waals surface area contributed by atoms with E-state index in [9.17, 15) is 0 Å². The maximum Gasteiger partial charge on any atom is 0.132 e. The van der Waals surface area contributed by atoms with E-state index in [0.717, 1.165) is 23.5 Å². The van der Waals surface area contributed by atoms with Crippen LogP contribution in [0.3, 0.4) is 0 Å². The zero-order valence-corrected chi connectivity index (χ0v) is 6.49. The minimum absolute atomic E-state index is 0.746. The Bertz CT molecular complexity index is 335. The molecule has 56 valence electrons. The van der Waals surface area contributed by atoms with Crippen LogP contribution in [-0.4, -0.2) is 9.55 Å². The molecule has 2 aliphatic rings. The maximum absolute atomic E-state index is 4.40. The second-order valence-corrected chi connectivity index (χ2v) is 3.47. The van der Waals surface area contributed by atoms with Crippen molar-refractivity contribution in [2.24, 2.45) is 5.92 Å². The molecule has 2 atom stereocenters. The number of rotatable bonds is 0. The van der Waals surface area contributed by atoms with Crippen molar-refractivity contribution in [3.63, 3.8) is 0 Å². The van der Waals surface area contributed by atoms with Gasteiger partial charge < -0.3 is 4.57 Å². The summed E-state index contributed by atoms with van der Waals surface area (Å²) in [5.41, 5.74) is 1.14. The van der Waals surface area contributed by atoms with Crippen LogP contribution < -0.4 is 0 Å². The molecule has 2 nitrogen and oxygen atoms in total. The van der Waals surface area contributed by atoms with Crippen molar-refractivity contribution in [3.05, 3.63) is 23.8 Å². The predicted molar refractivity (Wildman–Crippen MR) is 43.1 cm³/mol. The van der Waals surface area contributed by atoms with Crippen LogP contribution in [0.2, 0.25) is 0 Å². The van der Waals surface area contributed by atoms with Crippen LogP contribution in [0.25, 0.3) is 6.08 Å². The summed E-state index contributed by atoms with van der Waals surface area (Å²) in [6.07, 6.45) is 7.90. The van der Waals surface area contributed by atoms with Crippen LogP contribution in [0, 0.1) is 12.8 Å². The normalized spacial score (nSPS) is 31.4. The lowest BCUT2D eigenvalue weighted by molar-refractivity contribution is 0.689. The van der Waals surface area contributed by atoms with Crippen LogP contribution in [0.5, 0.6) is 0 Å². The van der Waals surface area contributed by atoms with Gasteiger partial charge in [-0.2, -0.15) is 0 Å². The van der Waals surface area contributed by atoms with E-state index in [-0.39, 0.29) is 0 Å². The molecule has 0 bridgehead atoms. The number of aryl methyl sites for hydroxylation is 1. The lowest BCUT2D eigenvalue weighted by atomic mass is 10.3. The summed E-state index contributed by atoms with van der Waals surface area (Å²) in [5.74, 6) is 1.96. The maximum atomic E-state index is 4.40. The lowest BCUT2D eigenvalue weighted by Crippen LogP contribution is -2.00. The van der Waals surface area contributed by atoms with Crippen LogP contribution >= 0.6 is 0 Å². The summed E-state index contributed by atoms with van der Waals surface area (Å²) in [5, 5.41) is 0. The van der Waals surface area contributed by atoms with Gasteiger partial charge in [-0.3, -0.25) is 0 Å². The molecule has 3 rings (SSSR count). The van der Waals surface area contributed by atoms with E-state index in [1.54, 1.807) is 0 Å². The van der Waals surface area contributed by atoms with Gasteiger partial charge in [-0.15, -0.1) is 0 Å². The molecule has 2 heteroatoms. The van der Waals surface area contributed by atoms with Crippen LogP contribution in [0.1, 0.15) is 24.0 Å². The molecule has 1 aliphatic heterocycles. The lowest BCUT2D eigenvalue weighted by Gasteiger charge is -2.05. The first-order chi connectivity index (χ1) is 5.34. The molecule has 1 aliphatic carbocycles. The van der Waals surface area contributed by atoms with Gasteiger partial charge in [0.2, 0.25) is 0 Å². The van der Waals surface area contributed by atoms with Gasteiger partial charge in [0.1, 0.15) is 5.82 Å². The molecule has 0 N–H and O–H groups in total. The third-order valence-corrected chi connectivity index (χ3v) is 2.54. The highest BCUT2D eigenvalue weighted by Crippen LogP contribution is 2.47. The number of allylic oxidation sites excluding steroid dienone is 1. The fourth-order valence-corrected chi connectivity index (χ4v) is 1.86. The summed E-state index contributed by atoms with van der Waals surface area (Å²) in [4.78, 5) is 4.40. The molecule has 1 saturated carbocycles. The largest absolute Gasteiger partial charge is 0.328 e. The van der Waals surface area contributed by atoms with E-state index >= 15 is 0 Å². The SMILES string of the molecule is Cc1cn2c(n1)C=CC1CC12. The summed E-state index contributed by atoms with van der Waals surface area (Å²) >= 11 is 0. The second kappa shape index (κ2) is 1.58. The monoisotopic (exact) mass is 146 g/mol. The summed E-state index contributed by atoms with van der Waals surface area (Å²) < 4.78 is 2.31. The minimum atomic E-state index is 0.746. The first kappa shape index (κ1) is 5.58. The van der Waals surface area contributed by atoms with Crippen molar-refractivity contribution < 1.29 is 0 Å². The van der Waals surface area contributed by atoms with Crippen molar-refractivity contribution in [3.8, 4) is 0 Å². The molecule has 0 radical (unpaired) electrons. The summed E-state index contributed by atoms with van der Waals surface area (Å²) in [6.45, 7) is 2.05. The Labute approximate surface area is 65.6 Å². The molecule has 2 unspecified atom stereocenters. The average Bonchev–Trinajstić information content (AvgIpc) is 2.67. The Balaban J connectivity index is 2.23. The molecule has 2 heterocycles. The molecule has 0 spiro atoms. The van der Waals surface area contributed by atoms with Crippen molar-refractivity contribution in [1.29, 1.82) is 0 Å². The number of aromatic nitrogens is 2. The fraction of sp³-hybridized carbons (Fsp3) is 0.444. The van der Waals surface area contributed by atoms with E-state index < -0.39 is 0 Å². The zero-order chi connectivity index (χ0) is 7.42. The Kier molecular flexibility index (Phi) is 0.799. The topological polar surface area (TPSA) is 17.8 Å². The Morgan fingerprint density at radius 3 is 3.45 bits per heavy atom. The standard InChI is InChI=1S/C9H10N2/c1-6-5-11-8-4-7(8)2-3-9(11)10-6/h2-3,5,7-8H,4H2,1H3. The van der Waals surface area contributed by atoms with Crippen LogP contribution in [0.4, 0.5) is 0 Å². The van der Waals surface area contributed by atoms with E-state index in [2.05, 4.69) is 34.8 Å². The highest BCUT2D eigenvalue weighted by atomic mass is 15.1. The summed E-state index contributed by atoms with van der Waals surface area (Å²) in [6, 6.07) is 0.746. The molecular formula is C9H10N2. The fourth-order valence-electron chi connectivity index (χ4n) is 1.86. The third kappa shape index (κ3) is 0.642. The van der Waals surface area contributed by atoms with Gasteiger partial charge in [-0.1, -0.05) is 6.08 Å². The first-order valence-electron chi connectivity index (χ1n) is 4.08. The molecule has 1 aromatic rings. The molecule has 0 aromatic carbocycles. The predicted octanol–water partition coefficient (Wildman–Crippen LogP) is 1.78. The van der Waals surface area contributed by atoms with E-state index in [0.29, 0.717) is 0 Å². The van der Waals surface area contributed by atoms with E-state index in [1.807, 2.05) is 0 Å². The van der Waals surface area contributed by atoms with Crippen molar-refractivity contribution in [2.45, 2.75) is 19.4 Å². The number of hydrogen-bond donors (Lipinski definition) is 0. The smallest absolute Gasteiger partial charge is 0.132 e. The number of hydrogen-bond acceptors (Lipinski definition) is 1. The highest BCUT2D eigenvalue weighted by Gasteiger charge is 2.39. The molecular weight excluding hydrogens is 136 g/mol. The summed E-state index contributed by atoms with van der Waals surface area (Å²) in [7, 11) is 0. The van der Waals surface area contributed by atoms with E-state index in [1.165, 1.54) is 6.42 Å². The minimum Gasteiger partial charge on any atom is -0.328 e. The molecule has 11 heavy (non-hydrogen) atoms. The zero-order valence-electron chi connectivity index (χ0n) is 6.49. The first-order valence-corrected chi connectivity index (χ1v) is 4.08. The Morgan fingerprint density at radius 1 is 1.64 bits per heavy atom. The number of nitrogens with zero attached hydrogens (tertiary/aromatic N) is 2. The van der Waals surface area contributed by atoms with Crippen molar-refractivity contribution in [2.75, 3.05) is 0 Å². The van der Waals surface area contributed by atoms with E-state index in [4.69, 9.17) is 0 Å². The van der Waals surface area contributed by atoms with Gasteiger partial charge in [-0.25, -0.2) is 4.98 Å².